The lowest BCUT2D eigenvalue weighted by Gasteiger charge is -2.42. The van der Waals surface area contributed by atoms with Gasteiger partial charge < -0.3 is 20.4 Å². The number of nitrogens with one attached hydrogen (secondary N) is 1. The Hall–Kier alpha value is -2.24. The SMILES string of the molecule is CCC(C)C1CN(CCCCC2C(C)CN=C(N)N2CC2CCCCC2)C(=N)N1CCc1cccc(C)c1. The summed E-state index contributed by atoms with van der Waals surface area (Å²) in [4.78, 5) is 11.9. The molecule has 4 atom stereocenters. The van der Waals surface area contributed by atoms with E-state index in [2.05, 4.69) is 71.7 Å². The third-order valence-electron chi connectivity index (χ3n) is 9.65. The molecule has 2 aliphatic heterocycles. The molecule has 3 N–H and O–H groups in total. The van der Waals surface area contributed by atoms with E-state index in [0.29, 0.717) is 23.9 Å². The molecular weight excluding hydrogens is 468 g/mol. The van der Waals surface area contributed by atoms with Gasteiger partial charge in [0.05, 0.1) is 6.04 Å². The van der Waals surface area contributed by atoms with Crippen molar-refractivity contribution in [3.63, 3.8) is 0 Å². The summed E-state index contributed by atoms with van der Waals surface area (Å²) in [5, 5.41) is 9.05. The van der Waals surface area contributed by atoms with Crippen LogP contribution in [0.2, 0.25) is 0 Å². The van der Waals surface area contributed by atoms with E-state index in [9.17, 15) is 0 Å². The fourth-order valence-electron chi connectivity index (χ4n) is 7.00. The monoisotopic (exact) mass is 522 g/mol. The van der Waals surface area contributed by atoms with Gasteiger partial charge in [0, 0.05) is 38.8 Å². The van der Waals surface area contributed by atoms with Crippen LogP contribution in [0.5, 0.6) is 0 Å². The Balaban J connectivity index is 1.29. The number of nitrogens with two attached hydrogens (primary N) is 1. The first-order chi connectivity index (χ1) is 18.4. The van der Waals surface area contributed by atoms with Gasteiger partial charge in [-0.15, -0.1) is 0 Å². The molecule has 4 unspecified atom stereocenters. The number of guanidine groups is 2. The highest BCUT2D eigenvalue weighted by molar-refractivity contribution is 5.80. The molecule has 3 aliphatic rings. The van der Waals surface area contributed by atoms with Gasteiger partial charge >= 0.3 is 0 Å². The molecule has 1 saturated heterocycles. The quantitative estimate of drug-likeness (QED) is 0.336. The van der Waals surface area contributed by atoms with E-state index in [1.54, 1.807) is 0 Å². The van der Waals surface area contributed by atoms with Crippen molar-refractivity contribution in [1.82, 2.24) is 14.7 Å². The summed E-state index contributed by atoms with van der Waals surface area (Å²) < 4.78 is 0. The molecule has 1 aliphatic carbocycles. The second-order valence-corrected chi connectivity index (χ2v) is 12.6. The molecular formula is C32H54N6. The van der Waals surface area contributed by atoms with Crippen molar-refractivity contribution in [1.29, 1.82) is 5.41 Å². The van der Waals surface area contributed by atoms with Gasteiger partial charge in [-0.1, -0.05) is 76.3 Å². The summed E-state index contributed by atoms with van der Waals surface area (Å²) in [6.07, 6.45) is 12.5. The lowest BCUT2D eigenvalue weighted by atomic mass is 9.87. The van der Waals surface area contributed by atoms with Gasteiger partial charge in [0.2, 0.25) is 0 Å². The van der Waals surface area contributed by atoms with Crippen molar-refractivity contribution in [2.24, 2.45) is 28.5 Å². The first kappa shape index (κ1) is 28.8. The highest BCUT2D eigenvalue weighted by Crippen LogP contribution is 2.29. The van der Waals surface area contributed by atoms with E-state index in [-0.39, 0.29) is 0 Å². The van der Waals surface area contributed by atoms with Gasteiger partial charge in [-0.05, 0) is 68.8 Å². The molecule has 4 rings (SSSR count). The molecule has 0 bridgehead atoms. The Kier molecular flexibility index (Phi) is 10.4. The Morgan fingerprint density at radius 2 is 1.89 bits per heavy atom. The summed E-state index contributed by atoms with van der Waals surface area (Å²) in [5.41, 5.74) is 9.15. The highest BCUT2D eigenvalue weighted by atomic mass is 15.4. The smallest absolute Gasteiger partial charge is 0.194 e. The van der Waals surface area contributed by atoms with Gasteiger partial charge in [-0.2, -0.15) is 0 Å². The topological polar surface area (TPSA) is 72.0 Å². The number of aryl methyl sites for hydroxylation is 1. The molecule has 2 heterocycles. The molecule has 38 heavy (non-hydrogen) atoms. The van der Waals surface area contributed by atoms with Crippen LogP contribution in [0.3, 0.4) is 0 Å². The molecule has 1 aromatic rings. The van der Waals surface area contributed by atoms with Gasteiger partial charge in [0.15, 0.2) is 11.9 Å². The van der Waals surface area contributed by atoms with Crippen LogP contribution in [0.4, 0.5) is 0 Å². The zero-order chi connectivity index (χ0) is 27.1. The van der Waals surface area contributed by atoms with E-state index in [0.717, 1.165) is 69.8 Å². The molecule has 0 spiro atoms. The summed E-state index contributed by atoms with van der Waals surface area (Å²) in [6, 6.07) is 9.78. The number of hydrogen-bond donors (Lipinski definition) is 2. The first-order valence-electron chi connectivity index (χ1n) is 15.6. The van der Waals surface area contributed by atoms with Crippen molar-refractivity contribution < 1.29 is 0 Å². The van der Waals surface area contributed by atoms with Crippen LogP contribution in [0.25, 0.3) is 0 Å². The zero-order valence-corrected chi connectivity index (χ0v) is 24.7. The number of nitrogens with zero attached hydrogens (tertiary/aromatic N) is 4. The average Bonchev–Trinajstić information content (AvgIpc) is 3.23. The van der Waals surface area contributed by atoms with E-state index >= 15 is 0 Å². The van der Waals surface area contributed by atoms with Gasteiger partial charge in [0.1, 0.15) is 0 Å². The van der Waals surface area contributed by atoms with Crippen LogP contribution in [0.1, 0.15) is 89.7 Å². The van der Waals surface area contributed by atoms with Gasteiger partial charge in [0.25, 0.3) is 0 Å². The maximum Gasteiger partial charge on any atom is 0.194 e. The Labute approximate surface area is 232 Å². The number of rotatable bonds is 12. The molecule has 0 aromatic heterocycles. The molecule has 212 valence electrons. The first-order valence-corrected chi connectivity index (χ1v) is 15.6. The summed E-state index contributed by atoms with van der Waals surface area (Å²) in [5.74, 6) is 3.45. The standard InChI is InChI=1S/C32H54N6/c1-5-25(3)30-23-36(32(34)37(30)19-17-27-15-11-12-24(2)20-27)18-10-9-16-29-26(4)21-35-31(33)38(29)22-28-13-7-6-8-14-28/h11-12,15,20,25-26,28-30,34H,5-10,13-14,16-19,21-23H2,1-4H3,(H2,33,35). The predicted molar refractivity (Wildman–Crippen MR) is 161 cm³/mol. The maximum absolute atomic E-state index is 9.05. The third-order valence-corrected chi connectivity index (χ3v) is 9.65. The second-order valence-electron chi connectivity index (χ2n) is 12.6. The summed E-state index contributed by atoms with van der Waals surface area (Å²) >= 11 is 0. The molecule has 0 amide bonds. The van der Waals surface area contributed by atoms with E-state index in [1.807, 2.05) is 0 Å². The fraction of sp³-hybridized carbons (Fsp3) is 0.750. The molecule has 2 fully saturated rings. The highest BCUT2D eigenvalue weighted by Gasteiger charge is 2.37. The summed E-state index contributed by atoms with van der Waals surface area (Å²) in [6.45, 7) is 14.0. The number of benzene rings is 1. The largest absolute Gasteiger partial charge is 0.370 e. The normalized spacial score (nSPS) is 25.7. The molecule has 1 saturated carbocycles. The van der Waals surface area contributed by atoms with Crippen LogP contribution < -0.4 is 5.73 Å². The summed E-state index contributed by atoms with van der Waals surface area (Å²) in [7, 11) is 0. The number of aliphatic imine (C=N–C) groups is 1. The maximum atomic E-state index is 9.05. The van der Waals surface area contributed by atoms with E-state index < -0.39 is 0 Å². The third kappa shape index (κ3) is 7.24. The van der Waals surface area contributed by atoms with Crippen molar-refractivity contribution in [2.75, 3.05) is 32.7 Å². The van der Waals surface area contributed by atoms with Gasteiger partial charge in [-0.25, -0.2) is 0 Å². The number of hydrogen-bond acceptors (Lipinski definition) is 4. The minimum Gasteiger partial charge on any atom is -0.370 e. The minimum absolute atomic E-state index is 0.442. The zero-order valence-electron chi connectivity index (χ0n) is 24.7. The van der Waals surface area contributed by atoms with Crippen LogP contribution >= 0.6 is 0 Å². The number of unbranched alkanes of at least 4 members (excludes halogenated alkanes) is 1. The minimum atomic E-state index is 0.442. The second kappa shape index (κ2) is 13.7. The lowest BCUT2D eigenvalue weighted by molar-refractivity contribution is 0.165. The van der Waals surface area contributed by atoms with E-state index in [4.69, 9.17) is 11.1 Å². The van der Waals surface area contributed by atoms with Crippen LogP contribution in [0.15, 0.2) is 29.3 Å². The van der Waals surface area contributed by atoms with E-state index in [1.165, 1.54) is 56.1 Å². The van der Waals surface area contributed by atoms with Crippen LogP contribution in [-0.2, 0) is 6.42 Å². The van der Waals surface area contributed by atoms with Crippen LogP contribution in [-0.4, -0.2) is 71.4 Å². The molecule has 6 heteroatoms. The van der Waals surface area contributed by atoms with Crippen molar-refractivity contribution in [2.45, 2.75) is 104 Å². The fourth-order valence-corrected chi connectivity index (χ4v) is 7.00. The molecule has 0 radical (unpaired) electrons. The predicted octanol–water partition coefficient (Wildman–Crippen LogP) is 5.89. The van der Waals surface area contributed by atoms with Crippen LogP contribution in [0, 0.1) is 30.1 Å². The molecule has 6 nitrogen and oxygen atoms in total. The molecule has 1 aromatic carbocycles. The lowest BCUT2D eigenvalue weighted by Crippen LogP contribution is -2.53. The van der Waals surface area contributed by atoms with Crippen molar-refractivity contribution in [3.05, 3.63) is 35.4 Å². The Morgan fingerprint density at radius 1 is 1.11 bits per heavy atom. The Bertz CT molecular complexity index is 922. The van der Waals surface area contributed by atoms with Gasteiger partial charge in [-0.3, -0.25) is 10.4 Å². The van der Waals surface area contributed by atoms with Crippen molar-refractivity contribution in [3.8, 4) is 0 Å². The average molecular weight is 523 g/mol. The Morgan fingerprint density at radius 3 is 2.63 bits per heavy atom. The van der Waals surface area contributed by atoms with Crippen molar-refractivity contribution >= 4 is 11.9 Å².